The number of aryl methyl sites for hydroxylation is 1. The van der Waals surface area contributed by atoms with Gasteiger partial charge in [-0.1, -0.05) is 6.92 Å². The molecule has 0 bridgehead atoms. The van der Waals surface area contributed by atoms with Gasteiger partial charge in [0.1, 0.15) is 11.8 Å². The van der Waals surface area contributed by atoms with Crippen LogP contribution in [0.25, 0.3) is 0 Å². The van der Waals surface area contributed by atoms with Gasteiger partial charge in [0.25, 0.3) is 9.05 Å². The summed E-state index contributed by atoms with van der Waals surface area (Å²) < 4.78 is 50.9. The first-order valence-electron chi connectivity index (χ1n) is 4.76. The Hall–Kier alpha value is -1.39. The van der Waals surface area contributed by atoms with Crippen LogP contribution in [0.15, 0.2) is 17.0 Å². The lowest BCUT2D eigenvalue weighted by Crippen LogP contribution is -2.06. The Morgan fingerprint density at radius 2 is 2.11 bits per heavy atom. The number of halogens is 3. The summed E-state index contributed by atoms with van der Waals surface area (Å²) in [6, 6.07) is 3.68. The van der Waals surface area contributed by atoms with Gasteiger partial charge in [-0.2, -0.15) is 14.0 Å². The van der Waals surface area contributed by atoms with Gasteiger partial charge in [-0.25, -0.2) is 8.42 Å². The van der Waals surface area contributed by atoms with Crippen molar-refractivity contribution >= 4 is 19.7 Å². The number of hydrogen-bond acceptors (Lipinski definition) is 4. The van der Waals surface area contributed by atoms with Crippen LogP contribution in [0.4, 0.5) is 8.78 Å². The minimum Gasteiger partial charge on any atom is -0.433 e. The molecule has 18 heavy (non-hydrogen) atoms. The molecule has 8 heteroatoms. The molecule has 0 radical (unpaired) electrons. The first kappa shape index (κ1) is 14.7. The Labute approximate surface area is 107 Å². The molecule has 0 atom stereocenters. The molecule has 0 fully saturated rings. The Balaban J connectivity index is 3.52. The lowest BCUT2D eigenvalue weighted by Gasteiger charge is -2.11. The van der Waals surface area contributed by atoms with Gasteiger partial charge in [0.05, 0.1) is 10.5 Å². The molecule has 0 aliphatic heterocycles. The number of alkyl halides is 2. The fourth-order valence-electron chi connectivity index (χ4n) is 1.38. The molecular weight excluding hydrogens is 288 g/mol. The van der Waals surface area contributed by atoms with Crippen molar-refractivity contribution in [2.24, 2.45) is 0 Å². The van der Waals surface area contributed by atoms with Gasteiger partial charge >= 0.3 is 6.61 Å². The molecule has 1 rings (SSSR count). The maximum atomic E-state index is 12.2. The quantitative estimate of drug-likeness (QED) is 0.801. The van der Waals surface area contributed by atoms with Gasteiger partial charge in [0.2, 0.25) is 0 Å². The van der Waals surface area contributed by atoms with Crippen LogP contribution in [0.5, 0.6) is 5.75 Å². The first-order valence-corrected chi connectivity index (χ1v) is 7.07. The lowest BCUT2D eigenvalue weighted by molar-refractivity contribution is -0.0502. The van der Waals surface area contributed by atoms with Crippen molar-refractivity contribution in [3.63, 3.8) is 0 Å². The molecule has 0 amide bonds. The van der Waals surface area contributed by atoms with Crippen molar-refractivity contribution in [3.05, 3.63) is 23.3 Å². The van der Waals surface area contributed by atoms with E-state index in [1.54, 1.807) is 13.0 Å². The van der Waals surface area contributed by atoms with Crippen molar-refractivity contribution in [2.45, 2.75) is 24.9 Å². The maximum absolute atomic E-state index is 12.2. The van der Waals surface area contributed by atoms with Crippen LogP contribution in [0, 0.1) is 11.3 Å². The number of nitriles is 1. The van der Waals surface area contributed by atoms with Gasteiger partial charge in [0, 0.05) is 16.7 Å². The van der Waals surface area contributed by atoms with E-state index in [-0.39, 0.29) is 22.4 Å². The molecule has 4 nitrogen and oxygen atoms in total. The van der Waals surface area contributed by atoms with Gasteiger partial charge in [0.15, 0.2) is 0 Å². The molecule has 0 saturated carbocycles. The molecule has 0 aromatic heterocycles. The molecule has 0 aliphatic carbocycles. The van der Waals surface area contributed by atoms with Crippen LogP contribution in [0.1, 0.15) is 18.1 Å². The molecule has 0 saturated heterocycles. The van der Waals surface area contributed by atoms with E-state index in [0.717, 1.165) is 6.07 Å². The number of nitrogens with zero attached hydrogens (tertiary/aromatic N) is 1. The lowest BCUT2D eigenvalue weighted by atomic mass is 10.1. The maximum Gasteiger partial charge on any atom is 0.387 e. The second-order valence-electron chi connectivity index (χ2n) is 3.24. The highest BCUT2D eigenvalue weighted by molar-refractivity contribution is 8.13. The molecule has 0 N–H and O–H groups in total. The third kappa shape index (κ3) is 3.31. The van der Waals surface area contributed by atoms with E-state index in [9.17, 15) is 17.2 Å². The van der Waals surface area contributed by atoms with E-state index in [0.29, 0.717) is 0 Å². The van der Waals surface area contributed by atoms with Crippen LogP contribution in [0.2, 0.25) is 0 Å². The van der Waals surface area contributed by atoms with Crippen molar-refractivity contribution < 1.29 is 21.9 Å². The summed E-state index contributed by atoms with van der Waals surface area (Å²) >= 11 is 0. The standard InChI is InChI=1S/C10H8ClF2NO3S/c1-2-6-3-7(18(11,15)16)4-9(8(6)5-14)17-10(12)13/h3-4,10H,2H2,1H3. The molecule has 1 aromatic rings. The first-order chi connectivity index (χ1) is 8.29. The second kappa shape index (κ2) is 5.50. The fourth-order valence-corrected chi connectivity index (χ4v) is 2.18. The highest BCUT2D eigenvalue weighted by Crippen LogP contribution is 2.29. The SMILES string of the molecule is CCc1cc(S(=O)(=O)Cl)cc(OC(F)F)c1C#N. The molecule has 0 spiro atoms. The van der Waals surface area contributed by atoms with Crippen molar-refractivity contribution in [1.82, 2.24) is 0 Å². The molecule has 1 aromatic carbocycles. The average molecular weight is 296 g/mol. The third-order valence-corrected chi connectivity index (χ3v) is 3.48. The third-order valence-electron chi connectivity index (χ3n) is 2.15. The predicted octanol–water partition coefficient (Wildman–Crippen LogP) is 2.65. The Bertz CT molecular complexity index is 596. The number of rotatable bonds is 4. The molecule has 98 valence electrons. The molecule has 0 unspecified atom stereocenters. The fraction of sp³-hybridized carbons (Fsp3) is 0.300. The van der Waals surface area contributed by atoms with Crippen LogP contribution in [-0.2, 0) is 15.5 Å². The Morgan fingerprint density at radius 1 is 1.50 bits per heavy atom. The van der Waals surface area contributed by atoms with Crippen molar-refractivity contribution in [3.8, 4) is 11.8 Å². The summed E-state index contributed by atoms with van der Waals surface area (Å²) in [6.07, 6.45) is 0.280. The zero-order valence-electron chi connectivity index (χ0n) is 9.15. The minimum absolute atomic E-state index is 0.123. The van der Waals surface area contributed by atoms with Gasteiger partial charge in [-0.15, -0.1) is 0 Å². The molecule has 0 heterocycles. The number of ether oxygens (including phenoxy) is 1. The summed E-state index contributed by atoms with van der Waals surface area (Å²) in [5, 5.41) is 8.88. The van der Waals surface area contributed by atoms with Crippen molar-refractivity contribution in [1.29, 1.82) is 5.26 Å². The summed E-state index contributed by atoms with van der Waals surface area (Å²) in [4.78, 5) is -0.379. The number of hydrogen-bond donors (Lipinski definition) is 0. The number of benzene rings is 1. The van der Waals surface area contributed by atoms with Crippen molar-refractivity contribution in [2.75, 3.05) is 0 Å². The Morgan fingerprint density at radius 3 is 2.50 bits per heavy atom. The zero-order valence-corrected chi connectivity index (χ0v) is 10.7. The van der Waals surface area contributed by atoms with E-state index in [4.69, 9.17) is 15.9 Å². The largest absolute Gasteiger partial charge is 0.433 e. The monoisotopic (exact) mass is 295 g/mol. The van der Waals surface area contributed by atoms with E-state index < -0.39 is 21.4 Å². The zero-order chi connectivity index (χ0) is 13.9. The molecular formula is C10H8ClF2NO3S. The van der Waals surface area contributed by atoms with Gasteiger partial charge in [-0.05, 0) is 18.1 Å². The second-order valence-corrected chi connectivity index (χ2v) is 5.80. The summed E-state index contributed by atoms with van der Waals surface area (Å²) in [6.45, 7) is -1.51. The van der Waals surface area contributed by atoms with E-state index in [1.165, 1.54) is 6.07 Å². The van der Waals surface area contributed by atoms with E-state index >= 15 is 0 Å². The van der Waals surface area contributed by atoms with Gasteiger partial charge in [-0.3, -0.25) is 0 Å². The summed E-state index contributed by atoms with van der Waals surface area (Å²) in [5.74, 6) is -0.494. The molecule has 0 aliphatic rings. The van der Waals surface area contributed by atoms with Crippen LogP contribution < -0.4 is 4.74 Å². The average Bonchev–Trinajstić information content (AvgIpc) is 2.25. The topological polar surface area (TPSA) is 67.2 Å². The van der Waals surface area contributed by atoms with Crippen LogP contribution in [-0.4, -0.2) is 15.0 Å². The summed E-state index contributed by atoms with van der Waals surface area (Å²) in [7, 11) is 1.06. The van der Waals surface area contributed by atoms with E-state index in [2.05, 4.69) is 4.74 Å². The summed E-state index contributed by atoms with van der Waals surface area (Å²) in [5.41, 5.74) is 0.150. The van der Waals surface area contributed by atoms with E-state index in [1.807, 2.05) is 0 Å². The smallest absolute Gasteiger partial charge is 0.387 e. The minimum atomic E-state index is -4.08. The highest BCUT2D eigenvalue weighted by atomic mass is 35.7. The highest BCUT2D eigenvalue weighted by Gasteiger charge is 2.19. The van der Waals surface area contributed by atoms with Crippen LogP contribution >= 0.6 is 10.7 Å². The normalized spacial score (nSPS) is 11.3. The Kier molecular flexibility index (Phi) is 4.48. The van der Waals surface area contributed by atoms with Gasteiger partial charge < -0.3 is 4.74 Å². The van der Waals surface area contributed by atoms with Crippen LogP contribution in [0.3, 0.4) is 0 Å². The predicted molar refractivity (Wildman–Crippen MR) is 60.2 cm³/mol.